The number of hydrogen-bond donors (Lipinski definition) is 5. The van der Waals surface area contributed by atoms with Crippen molar-refractivity contribution in [3.05, 3.63) is 58.6 Å². The third kappa shape index (κ3) is 4.54. The molecule has 10 nitrogen and oxygen atoms in total. The van der Waals surface area contributed by atoms with E-state index in [-0.39, 0.29) is 28.2 Å². The van der Waals surface area contributed by atoms with Gasteiger partial charge in [0.1, 0.15) is 5.75 Å². The van der Waals surface area contributed by atoms with E-state index in [1.165, 1.54) is 36.4 Å². The summed E-state index contributed by atoms with van der Waals surface area (Å²) in [6.45, 7) is 0. The van der Waals surface area contributed by atoms with Gasteiger partial charge in [0.25, 0.3) is 15.8 Å². The summed E-state index contributed by atoms with van der Waals surface area (Å²) in [4.78, 5) is 9.19. The Hall–Kier alpha value is -3.57. The molecule has 8 N–H and O–H groups in total. The molecule has 0 heterocycles. The molecule has 0 aromatic heterocycles. The van der Waals surface area contributed by atoms with Crippen molar-refractivity contribution in [2.24, 2.45) is 0 Å². The standard InChI is InChI=1S/C10H10N2O4S.C6H6N2O2/c11-8-2-1-6-7(10(8)12)3-5(4-9(6)13)17(14,15)16;7-5-1-3-6(4-2-5)8(9)10/h1-4,13H,11-12H2,(H,14,15,16);1-4H,7H2. The van der Waals surface area contributed by atoms with Gasteiger partial charge in [-0.15, -0.1) is 0 Å². The van der Waals surface area contributed by atoms with Crippen LogP contribution in [0.5, 0.6) is 5.75 Å². The van der Waals surface area contributed by atoms with Crippen molar-refractivity contribution in [2.75, 3.05) is 17.2 Å². The minimum Gasteiger partial charge on any atom is -0.507 e. The van der Waals surface area contributed by atoms with Gasteiger partial charge in [0.05, 0.1) is 21.2 Å². The quantitative estimate of drug-likeness (QED) is 0.188. The number of nitrogens with two attached hydrogens (primary N) is 3. The molecule has 0 aliphatic heterocycles. The van der Waals surface area contributed by atoms with Gasteiger partial charge in [-0.25, -0.2) is 0 Å². The molecule has 0 unspecified atom stereocenters. The largest absolute Gasteiger partial charge is 0.507 e. The van der Waals surface area contributed by atoms with Crippen LogP contribution in [0.4, 0.5) is 22.7 Å². The number of phenolic OH excluding ortho intramolecular Hbond substituents is 1. The molecule has 0 aliphatic rings. The highest BCUT2D eigenvalue weighted by molar-refractivity contribution is 7.85. The van der Waals surface area contributed by atoms with Crippen molar-refractivity contribution in [1.82, 2.24) is 0 Å². The van der Waals surface area contributed by atoms with Gasteiger partial charge in [-0.1, -0.05) is 0 Å². The Morgan fingerprint density at radius 1 is 0.926 bits per heavy atom. The van der Waals surface area contributed by atoms with Gasteiger partial charge < -0.3 is 22.3 Å². The van der Waals surface area contributed by atoms with Crippen LogP contribution in [0, 0.1) is 10.1 Å². The van der Waals surface area contributed by atoms with E-state index in [9.17, 15) is 23.6 Å². The molecule has 0 aliphatic carbocycles. The number of benzene rings is 3. The second kappa shape index (κ2) is 7.35. The normalized spacial score (nSPS) is 10.9. The number of nitrogen functional groups attached to an aromatic ring is 3. The maximum Gasteiger partial charge on any atom is 0.294 e. The summed E-state index contributed by atoms with van der Waals surface area (Å²) < 4.78 is 30.9. The van der Waals surface area contributed by atoms with Crippen LogP contribution in [0.1, 0.15) is 0 Å². The Morgan fingerprint density at radius 2 is 1.52 bits per heavy atom. The van der Waals surface area contributed by atoms with E-state index in [0.717, 1.165) is 12.1 Å². The number of nitrogens with zero attached hydrogens (tertiary/aromatic N) is 1. The van der Waals surface area contributed by atoms with Gasteiger partial charge in [-0.2, -0.15) is 8.42 Å². The lowest BCUT2D eigenvalue weighted by Gasteiger charge is -2.08. The number of aromatic hydroxyl groups is 1. The molecule has 142 valence electrons. The molecule has 3 rings (SSSR count). The van der Waals surface area contributed by atoms with E-state index in [1.807, 2.05) is 0 Å². The Kier molecular flexibility index (Phi) is 5.38. The summed E-state index contributed by atoms with van der Waals surface area (Å²) in [6, 6.07) is 10.9. The number of fused-ring (bicyclic) bond motifs is 1. The molecule has 11 heteroatoms. The Labute approximate surface area is 153 Å². The van der Waals surface area contributed by atoms with Crippen LogP contribution in [-0.4, -0.2) is 23.0 Å². The van der Waals surface area contributed by atoms with Crippen molar-refractivity contribution in [1.29, 1.82) is 0 Å². The van der Waals surface area contributed by atoms with E-state index >= 15 is 0 Å². The van der Waals surface area contributed by atoms with Crippen molar-refractivity contribution in [3.63, 3.8) is 0 Å². The Bertz CT molecular complexity index is 1110. The van der Waals surface area contributed by atoms with Crippen LogP contribution in [0.15, 0.2) is 53.4 Å². The summed E-state index contributed by atoms with van der Waals surface area (Å²) in [7, 11) is -4.40. The van der Waals surface area contributed by atoms with Gasteiger partial charge >= 0.3 is 0 Å². The third-order valence-corrected chi connectivity index (χ3v) is 4.40. The number of phenols is 1. The van der Waals surface area contributed by atoms with Crippen LogP contribution >= 0.6 is 0 Å². The average molecular weight is 392 g/mol. The number of non-ortho nitro benzene ring substituents is 1. The predicted octanol–water partition coefficient (Wildman–Crippen LogP) is 2.13. The summed E-state index contributed by atoms with van der Waals surface area (Å²) >= 11 is 0. The first-order chi connectivity index (χ1) is 12.5. The smallest absolute Gasteiger partial charge is 0.294 e. The highest BCUT2D eigenvalue weighted by atomic mass is 32.2. The van der Waals surface area contributed by atoms with Gasteiger partial charge in [0, 0.05) is 34.7 Å². The SMILES string of the molecule is Nc1ccc([N+](=O)[O-])cc1.Nc1ccc2c(O)cc(S(=O)(=O)O)cc2c1N. The highest BCUT2D eigenvalue weighted by Crippen LogP contribution is 2.34. The lowest BCUT2D eigenvalue weighted by Crippen LogP contribution is -2.00. The molecule has 3 aromatic carbocycles. The highest BCUT2D eigenvalue weighted by Gasteiger charge is 2.15. The van der Waals surface area contributed by atoms with Gasteiger partial charge in [0.15, 0.2) is 0 Å². The molecule has 27 heavy (non-hydrogen) atoms. The minimum atomic E-state index is -4.40. The molecule has 0 radical (unpaired) electrons. The molecule has 0 bridgehead atoms. The van der Waals surface area contributed by atoms with Crippen LogP contribution in [-0.2, 0) is 10.1 Å². The Morgan fingerprint density at radius 3 is 2.04 bits per heavy atom. The first-order valence-electron chi connectivity index (χ1n) is 7.29. The lowest BCUT2D eigenvalue weighted by atomic mass is 10.1. The first-order valence-corrected chi connectivity index (χ1v) is 8.73. The molecular weight excluding hydrogens is 376 g/mol. The van der Waals surface area contributed by atoms with Gasteiger partial charge in [0.2, 0.25) is 0 Å². The minimum absolute atomic E-state index is 0.0641. The van der Waals surface area contributed by atoms with Crippen molar-refractivity contribution in [2.45, 2.75) is 4.90 Å². The van der Waals surface area contributed by atoms with Crippen LogP contribution in [0.25, 0.3) is 10.8 Å². The zero-order valence-electron chi connectivity index (χ0n) is 13.7. The summed E-state index contributed by atoms with van der Waals surface area (Å²) in [5, 5.41) is 20.4. The fourth-order valence-corrected chi connectivity index (χ4v) is 2.70. The average Bonchev–Trinajstić information content (AvgIpc) is 2.58. The van der Waals surface area contributed by atoms with Crippen molar-refractivity contribution in [3.8, 4) is 5.75 Å². The van der Waals surface area contributed by atoms with Crippen molar-refractivity contribution >= 4 is 43.6 Å². The fourth-order valence-electron chi connectivity index (χ4n) is 2.17. The Balaban J connectivity index is 0.000000223. The monoisotopic (exact) mass is 392 g/mol. The molecule has 0 spiro atoms. The lowest BCUT2D eigenvalue weighted by molar-refractivity contribution is -0.384. The van der Waals surface area contributed by atoms with Gasteiger partial charge in [-0.3, -0.25) is 14.7 Å². The molecule has 0 fully saturated rings. The third-order valence-electron chi connectivity index (χ3n) is 3.56. The number of anilines is 3. The van der Waals surface area contributed by atoms with Crippen molar-refractivity contribution < 1.29 is 23.0 Å². The van der Waals surface area contributed by atoms with E-state index in [0.29, 0.717) is 11.1 Å². The van der Waals surface area contributed by atoms with Crippen LogP contribution in [0.3, 0.4) is 0 Å². The summed E-state index contributed by atoms with van der Waals surface area (Å²) in [6.07, 6.45) is 0. The van der Waals surface area contributed by atoms with Crippen LogP contribution in [0.2, 0.25) is 0 Å². The summed E-state index contributed by atoms with van der Waals surface area (Å²) in [5.41, 5.74) is 17.6. The maximum atomic E-state index is 11.0. The molecule has 0 amide bonds. The van der Waals surface area contributed by atoms with Gasteiger partial charge in [-0.05, 0) is 30.3 Å². The first kappa shape index (κ1) is 19.8. The molecule has 0 atom stereocenters. The van der Waals surface area contributed by atoms with E-state index in [1.54, 1.807) is 0 Å². The second-order valence-electron chi connectivity index (χ2n) is 5.43. The number of nitro benzene ring substituents is 1. The summed E-state index contributed by atoms with van der Waals surface area (Å²) in [5.74, 6) is -0.290. The number of nitro groups is 1. The topological polar surface area (TPSA) is 196 Å². The number of rotatable bonds is 2. The zero-order valence-corrected chi connectivity index (χ0v) is 14.6. The number of hydrogen-bond acceptors (Lipinski definition) is 8. The maximum absolute atomic E-state index is 11.0. The van der Waals surface area contributed by atoms with E-state index in [2.05, 4.69) is 0 Å². The fraction of sp³-hybridized carbons (Fsp3) is 0. The second-order valence-corrected chi connectivity index (χ2v) is 6.85. The molecule has 3 aromatic rings. The van der Waals surface area contributed by atoms with E-state index in [4.69, 9.17) is 21.8 Å². The zero-order chi connectivity index (χ0) is 20.4. The molecule has 0 saturated heterocycles. The molecule has 0 saturated carbocycles. The molecular formula is C16H16N4O6S. The van der Waals surface area contributed by atoms with Crippen LogP contribution < -0.4 is 17.2 Å². The van der Waals surface area contributed by atoms with E-state index < -0.39 is 19.9 Å². The predicted molar refractivity (Wildman–Crippen MR) is 102 cm³/mol.